The Morgan fingerprint density at radius 2 is 1.82 bits per heavy atom. The number of amides is 2. The quantitative estimate of drug-likeness (QED) is 0.160. The number of ketones is 1. The van der Waals surface area contributed by atoms with Crippen molar-refractivity contribution in [2.45, 2.75) is 59.5 Å². The molecule has 8 nitrogen and oxygen atoms in total. The van der Waals surface area contributed by atoms with Crippen molar-refractivity contribution in [2.24, 2.45) is 34.9 Å². The van der Waals surface area contributed by atoms with Gasteiger partial charge in [0.05, 0.1) is 17.3 Å². The van der Waals surface area contributed by atoms with Gasteiger partial charge in [-0.25, -0.2) is 11.3 Å². The second kappa shape index (κ2) is 12.8. The van der Waals surface area contributed by atoms with Gasteiger partial charge in [-0.2, -0.15) is 0 Å². The molecule has 0 aliphatic carbocycles. The van der Waals surface area contributed by atoms with Crippen LogP contribution in [0.2, 0.25) is 0 Å². The SMILES string of the molecule is CC(C)C[C@@H](C(=O)NN)[C@H](C(=O)NO)C(/C=C/c1ccccc1)(CC(C)C)C(=O)C1CCCO1. The monoisotopic (exact) mass is 473 g/mol. The molecule has 1 aliphatic heterocycles. The van der Waals surface area contributed by atoms with E-state index >= 15 is 0 Å². The Hall–Kier alpha value is -2.55. The van der Waals surface area contributed by atoms with Crippen LogP contribution in [0.25, 0.3) is 6.08 Å². The van der Waals surface area contributed by atoms with Crippen LogP contribution in [0, 0.1) is 29.1 Å². The van der Waals surface area contributed by atoms with Crippen molar-refractivity contribution in [3.8, 4) is 0 Å². The Labute approximate surface area is 202 Å². The largest absolute Gasteiger partial charge is 0.370 e. The summed E-state index contributed by atoms with van der Waals surface area (Å²) in [5, 5.41) is 9.74. The van der Waals surface area contributed by atoms with Crippen LogP contribution in [0.5, 0.6) is 0 Å². The summed E-state index contributed by atoms with van der Waals surface area (Å²) in [4.78, 5) is 40.5. The zero-order valence-corrected chi connectivity index (χ0v) is 20.6. The first-order valence-electron chi connectivity index (χ1n) is 12.0. The van der Waals surface area contributed by atoms with Gasteiger partial charge in [-0.1, -0.05) is 70.2 Å². The first-order valence-corrected chi connectivity index (χ1v) is 12.0. The number of Topliss-reactive ketones (excluding diaryl/α,β-unsaturated/α-hetero) is 1. The maximum Gasteiger partial charge on any atom is 0.248 e. The van der Waals surface area contributed by atoms with Crippen LogP contribution in [0.15, 0.2) is 36.4 Å². The van der Waals surface area contributed by atoms with E-state index in [1.165, 1.54) is 0 Å². The Bertz CT molecular complexity index is 849. The van der Waals surface area contributed by atoms with Crippen molar-refractivity contribution >= 4 is 23.7 Å². The highest BCUT2D eigenvalue weighted by Gasteiger charge is 2.54. The Morgan fingerprint density at radius 3 is 2.32 bits per heavy atom. The summed E-state index contributed by atoms with van der Waals surface area (Å²) in [5.74, 6) is 1.81. The second-order valence-corrected chi connectivity index (χ2v) is 9.95. The first kappa shape index (κ1) is 27.7. The summed E-state index contributed by atoms with van der Waals surface area (Å²) in [7, 11) is 0. The van der Waals surface area contributed by atoms with Crippen molar-refractivity contribution in [3.05, 3.63) is 42.0 Å². The lowest BCUT2D eigenvalue weighted by Crippen LogP contribution is -2.55. The van der Waals surface area contributed by atoms with Gasteiger partial charge in [0.25, 0.3) is 0 Å². The standard InChI is InChI=1S/C26H39N3O5/c1-17(2)15-20(24(31)28-27)22(25(32)29-33)26(16-18(3)4,23(30)21-11-8-14-34-21)13-12-19-9-6-5-7-10-19/h5-7,9-10,12-13,17-18,20-22,33H,8,11,14-16,27H2,1-4H3,(H,28,31)(H,29,32)/b13-12+/t20-,21?,22-,26?/m1/s1. The van der Waals surface area contributed by atoms with Crippen LogP contribution in [-0.4, -0.2) is 35.5 Å². The fourth-order valence-corrected chi connectivity index (χ4v) is 5.06. The van der Waals surface area contributed by atoms with Gasteiger partial charge >= 0.3 is 0 Å². The van der Waals surface area contributed by atoms with E-state index in [2.05, 4.69) is 5.43 Å². The Balaban J connectivity index is 2.78. The smallest absolute Gasteiger partial charge is 0.248 e. The van der Waals surface area contributed by atoms with Crippen LogP contribution in [0.4, 0.5) is 0 Å². The molecule has 2 amide bonds. The maximum absolute atomic E-state index is 14.2. The number of nitrogens with one attached hydrogen (secondary N) is 2. The van der Waals surface area contributed by atoms with E-state index in [1.807, 2.05) is 58.0 Å². The molecule has 4 atom stereocenters. The van der Waals surface area contributed by atoms with Gasteiger partial charge < -0.3 is 4.74 Å². The van der Waals surface area contributed by atoms with Gasteiger partial charge in [0, 0.05) is 6.61 Å². The van der Waals surface area contributed by atoms with E-state index in [1.54, 1.807) is 17.6 Å². The average Bonchev–Trinajstić information content (AvgIpc) is 3.35. The summed E-state index contributed by atoms with van der Waals surface area (Å²) >= 11 is 0. The van der Waals surface area contributed by atoms with Crippen LogP contribution in [0.1, 0.15) is 58.9 Å². The number of hydrogen-bond acceptors (Lipinski definition) is 6. The molecular weight excluding hydrogens is 434 g/mol. The molecule has 0 spiro atoms. The molecule has 0 aromatic heterocycles. The fraction of sp³-hybridized carbons (Fsp3) is 0.577. The molecular formula is C26H39N3O5. The third-order valence-electron chi connectivity index (χ3n) is 6.35. The van der Waals surface area contributed by atoms with Crippen molar-refractivity contribution < 1.29 is 24.3 Å². The Kier molecular flexibility index (Phi) is 10.4. The van der Waals surface area contributed by atoms with Gasteiger partial charge in [-0.15, -0.1) is 0 Å². The van der Waals surface area contributed by atoms with E-state index in [4.69, 9.17) is 10.6 Å². The highest BCUT2D eigenvalue weighted by molar-refractivity contribution is 5.99. The molecule has 2 unspecified atom stereocenters. The molecule has 5 N–H and O–H groups in total. The highest BCUT2D eigenvalue weighted by Crippen LogP contribution is 2.46. The topological polar surface area (TPSA) is 131 Å². The van der Waals surface area contributed by atoms with E-state index < -0.39 is 35.2 Å². The molecule has 0 saturated carbocycles. The maximum atomic E-state index is 14.2. The van der Waals surface area contributed by atoms with Gasteiger partial charge in [-0.05, 0) is 43.1 Å². The van der Waals surface area contributed by atoms with Gasteiger partial charge in [-0.3, -0.25) is 25.0 Å². The number of hydroxylamine groups is 1. The minimum Gasteiger partial charge on any atom is -0.370 e. The number of allylic oxidation sites excluding steroid dienone is 1. The number of carbonyl (C=O) groups excluding carboxylic acids is 3. The van der Waals surface area contributed by atoms with Gasteiger partial charge in [0.15, 0.2) is 5.78 Å². The normalized spacial score (nSPS) is 19.7. The zero-order valence-electron chi connectivity index (χ0n) is 20.6. The number of benzene rings is 1. The molecule has 1 saturated heterocycles. The molecule has 34 heavy (non-hydrogen) atoms. The van der Waals surface area contributed by atoms with Crippen molar-refractivity contribution in [1.82, 2.24) is 10.9 Å². The predicted octanol–water partition coefficient (Wildman–Crippen LogP) is 3.25. The zero-order chi connectivity index (χ0) is 25.3. The van der Waals surface area contributed by atoms with Crippen LogP contribution >= 0.6 is 0 Å². The molecule has 8 heteroatoms. The minimum atomic E-state index is -1.40. The molecule has 1 aromatic rings. The van der Waals surface area contributed by atoms with Gasteiger partial charge in [0.2, 0.25) is 11.8 Å². The molecule has 188 valence electrons. The van der Waals surface area contributed by atoms with Crippen LogP contribution < -0.4 is 16.7 Å². The number of hydrogen-bond donors (Lipinski definition) is 4. The highest BCUT2D eigenvalue weighted by atomic mass is 16.5. The summed E-state index contributed by atoms with van der Waals surface area (Å²) in [6.45, 7) is 8.24. The molecule has 1 fully saturated rings. The molecule has 1 heterocycles. The average molecular weight is 474 g/mol. The lowest BCUT2D eigenvalue weighted by molar-refractivity contribution is -0.154. The van der Waals surface area contributed by atoms with Gasteiger partial charge in [0.1, 0.15) is 6.10 Å². The van der Waals surface area contributed by atoms with Crippen LogP contribution in [-0.2, 0) is 19.1 Å². The third kappa shape index (κ3) is 6.74. The molecule has 1 aromatic carbocycles. The van der Waals surface area contributed by atoms with Crippen LogP contribution in [0.3, 0.4) is 0 Å². The molecule has 1 aliphatic rings. The Morgan fingerprint density at radius 1 is 1.15 bits per heavy atom. The second-order valence-electron chi connectivity index (χ2n) is 9.95. The molecule has 0 radical (unpaired) electrons. The lowest BCUT2D eigenvalue weighted by atomic mass is 9.60. The predicted molar refractivity (Wildman–Crippen MR) is 130 cm³/mol. The summed E-state index contributed by atoms with van der Waals surface area (Å²) in [5.41, 5.74) is 3.35. The minimum absolute atomic E-state index is 0.000377. The van der Waals surface area contributed by atoms with E-state index in [-0.39, 0.29) is 17.6 Å². The number of ether oxygens (including phenoxy) is 1. The lowest BCUT2D eigenvalue weighted by Gasteiger charge is -2.42. The van der Waals surface area contributed by atoms with Crippen molar-refractivity contribution in [3.63, 3.8) is 0 Å². The third-order valence-corrected chi connectivity index (χ3v) is 6.35. The molecule has 0 bridgehead atoms. The fourth-order valence-electron chi connectivity index (χ4n) is 5.06. The number of nitrogens with two attached hydrogens (primary N) is 1. The number of carbonyl (C=O) groups is 3. The molecule has 2 rings (SSSR count). The summed E-state index contributed by atoms with van der Waals surface area (Å²) < 4.78 is 5.76. The number of hydrazine groups is 1. The van der Waals surface area contributed by atoms with E-state index in [0.29, 0.717) is 25.9 Å². The number of rotatable bonds is 12. The first-order chi connectivity index (χ1) is 16.2. The summed E-state index contributed by atoms with van der Waals surface area (Å²) in [6.07, 6.45) is 4.74. The van der Waals surface area contributed by atoms with E-state index in [0.717, 1.165) is 12.0 Å². The van der Waals surface area contributed by atoms with E-state index in [9.17, 15) is 19.6 Å². The van der Waals surface area contributed by atoms with Crippen molar-refractivity contribution in [2.75, 3.05) is 6.61 Å². The van der Waals surface area contributed by atoms with Crippen molar-refractivity contribution in [1.29, 1.82) is 0 Å². The summed E-state index contributed by atoms with van der Waals surface area (Å²) in [6, 6.07) is 9.45.